The summed E-state index contributed by atoms with van der Waals surface area (Å²) in [7, 11) is 0. The SMILES string of the molecule is CC1CCC(C)C(F)(F)C1.CC1CCC(C)C(F)C1.CC1CCC(C)CC1. The van der Waals surface area contributed by atoms with Crippen molar-refractivity contribution in [2.45, 2.75) is 118 Å². The van der Waals surface area contributed by atoms with Crippen LogP contribution < -0.4 is 0 Å². The lowest BCUT2D eigenvalue weighted by molar-refractivity contribution is -0.0927. The van der Waals surface area contributed by atoms with Gasteiger partial charge in [0.05, 0.1) is 0 Å². The minimum atomic E-state index is -2.39. The van der Waals surface area contributed by atoms with Crippen LogP contribution in [0, 0.1) is 35.5 Å². The van der Waals surface area contributed by atoms with Crippen LogP contribution >= 0.6 is 0 Å². The van der Waals surface area contributed by atoms with Crippen LogP contribution in [0.3, 0.4) is 0 Å². The molecule has 0 bridgehead atoms. The maximum Gasteiger partial charge on any atom is 0.250 e. The quantitative estimate of drug-likeness (QED) is 0.388. The molecule has 0 aromatic rings. The van der Waals surface area contributed by atoms with Gasteiger partial charge in [0.15, 0.2) is 0 Å². The second kappa shape index (κ2) is 11.7. The topological polar surface area (TPSA) is 0 Å². The van der Waals surface area contributed by atoms with Crippen LogP contribution in [0.25, 0.3) is 0 Å². The van der Waals surface area contributed by atoms with Crippen LogP contribution in [0.15, 0.2) is 0 Å². The summed E-state index contributed by atoms with van der Waals surface area (Å²) in [5.74, 6) is 0.405. The van der Waals surface area contributed by atoms with E-state index in [0.717, 1.165) is 31.1 Å². The highest BCUT2D eigenvalue weighted by molar-refractivity contribution is 4.81. The van der Waals surface area contributed by atoms with E-state index in [1.54, 1.807) is 6.92 Å². The van der Waals surface area contributed by atoms with Crippen molar-refractivity contribution in [2.24, 2.45) is 35.5 Å². The van der Waals surface area contributed by atoms with Gasteiger partial charge in [0, 0.05) is 12.3 Å². The summed E-state index contributed by atoms with van der Waals surface area (Å²) in [4.78, 5) is 0. The van der Waals surface area contributed by atoms with Crippen molar-refractivity contribution in [1.29, 1.82) is 0 Å². The molecular weight excluding hydrogens is 345 g/mol. The zero-order valence-electron chi connectivity index (χ0n) is 18.7. The molecule has 27 heavy (non-hydrogen) atoms. The molecule has 3 rings (SSSR count). The summed E-state index contributed by atoms with van der Waals surface area (Å²) in [5.41, 5.74) is 0. The lowest BCUT2D eigenvalue weighted by Crippen LogP contribution is -2.32. The zero-order valence-corrected chi connectivity index (χ0v) is 18.7. The van der Waals surface area contributed by atoms with E-state index >= 15 is 0 Å². The third kappa shape index (κ3) is 9.70. The van der Waals surface area contributed by atoms with Crippen molar-refractivity contribution >= 4 is 0 Å². The fourth-order valence-electron chi connectivity index (χ4n) is 4.40. The summed E-state index contributed by atoms with van der Waals surface area (Å²) in [6.45, 7) is 12.4. The Hall–Kier alpha value is -0.210. The van der Waals surface area contributed by atoms with Crippen LogP contribution in [-0.4, -0.2) is 12.1 Å². The Balaban J connectivity index is 0.000000204. The molecule has 0 nitrogen and oxygen atoms in total. The Bertz CT molecular complexity index is 377. The average molecular weight is 391 g/mol. The fraction of sp³-hybridized carbons (Fsp3) is 1.00. The molecule has 3 aliphatic rings. The third-order valence-electron chi connectivity index (χ3n) is 7.10. The molecular formula is C24H45F3. The minimum Gasteiger partial charge on any atom is -0.247 e. The first-order valence-corrected chi connectivity index (χ1v) is 11.5. The first-order valence-electron chi connectivity index (χ1n) is 11.5. The lowest BCUT2D eigenvalue weighted by Gasteiger charge is -2.32. The highest BCUT2D eigenvalue weighted by Crippen LogP contribution is 2.40. The molecule has 3 heteroatoms. The number of halogens is 3. The highest BCUT2D eigenvalue weighted by Gasteiger charge is 2.40. The highest BCUT2D eigenvalue weighted by atomic mass is 19.3. The van der Waals surface area contributed by atoms with Gasteiger partial charge in [0.25, 0.3) is 5.92 Å². The van der Waals surface area contributed by atoms with Gasteiger partial charge in [0.2, 0.25) is 0 Å². The first kappa shape index (κ1) is 24.8. The molecule has 0 heterocycles. The van der Waals surface area contributed by atoms with Crippen LogP contribution in [0.4, 0.5) is 13.2 Å². The summed E-state index contributed by atoms with van der Waals surface area (Å²) in [5, 5.41) is 0. The molecule has 162 valence electrons. The Morgan fingerprint density at radius 3 is 1.41 bits per heavy atom. The molecule has 0 aromatic heterocycles. The van der Waals surface area contributed by atoms with Crippen molar-refractivity contribution in [3.63, 3.8) is 0 Å². The summed E-state index contributed by atoms with van der Waals surface area (Å²) in [6, 6.07) is 0. The van der Waals surface area contributed by atoms with Gasteiger partial charge in [-0.15, -0.1) is 0 Å². The van der Waals surface area contributed by atoms with E-state index in [0.29, 0.717) is 18.3 Å². The fourth-order valence-corrected chi connectivity index (χ4v) is 4.40. The maximum atomic E-state index is 12.8. The number of hydrogen-bond donors (Lipinski definition) is 0. The predicted octanol–water partition coefficient (Wildman–Crippen LogP) is 8.69. The van der Waals surface area contributed by atoms with Gasteiger partial charge < -0.3 is 0 Å². The minimum absolute atomic E-state index is 0.0914. The van der Waals surface area contributed by atoms with Crippen molar-refractivity contribution in [1.82, 2.24) is 0 Å². The van der Waals surface area contributed by atoms with E-state index in [1.165, 1.54) is 32.1 Å². The van der Waals surface area contributed by atoms with E-state index in [4.69, 9.17) is 0 Å². The Morgan fingerprint density at radius 1 is 0.593 bits per heavy atom. The largest absolute Gasteiger partial charge is 0.250 e. The van der Waals surface area contributed by atoms with Gasteiger partial charge in [-0.1, -0.05) is 80.1 Å². The van der Waals surface area contributed by atoms with Gasteiger partial charge in [0.1, 0.15) is 6.17 Å². The molecule has 0 saturated heterocycles. The molecule has 0 N–H and O–H groups in total. The number of alkyl halides is 3. The van der Waals surface area contributed by atoms with Crippen molar-refractivity contribution in [3.05, 3.63) is 0 Å². The van der Waals surface area contributed by atoms with Gasteiger partial charge in [-0.05, 0) is 48.9 Å². The normalized spacial score (nSPS) is 41.4. The molecule has 3 aliphatic carbocycles. The van der Waals surface area contributed by atoms with Crippen LogP contribution in [-0.2, 0) is 0 Å². The second-order valence-electron chi connectivity index (χ2n) is 10.3. The van der Waals surface area contributed by atoms with E-state index < -0.39 is 18.0 Å². The molecule has 0 radical (unpaired) electrons. The third-order valence-corrected chi connectivity index (χ3v) is 7.10. The Morgan fingerprint density at radius 2 is 1.04 bits per heavy atom. The van der Waals surface area contributed by atoms with E-state index in [1.807, 2.05) is 13.8 Å². The molecule has 0 aromatic carbocycles. The van der Waals surface area contributed by atoms with E-state index in [-0.39, 0.29) is 12.3 Å². The smallest absolute Gasteiger partial charge is 0.247 e. The summed E-state index contributed by atoms with van der Waals surface area (Å²) >= 11 is 0. The maximum absolute atomic E-state index is 12.8. The van der Waals surface area contributed by atoms with Gasteiger partial charge in [-0.2, -0.15) is 0 Å². The number of rotatable bonds is 0. The van der Waals surface area contributed by atoms with Gasteiger partial charge in [-0.25, -0.2) is 13.2 Å². The second-order valence-corrected chi connectivity index (χ2v) is 10.3. The molecule has 0 amide bonds. The summed E-state index contributed by atoms with van der Waals surface area (Å²) < 4.78 is 38.5. The number of hydrogen-bond acceptors (Lipinski definition) is 0. The first-order chi connectivity index (χ1) is 12.5. The standard InChI is InChI=1S/C8H14F2.C8H15F.C8H16/c1-6-3-4-7(2)8(9,10)5-6;1-6-3-4-7(2)8(9)5-6;1-7-3-5-8(2)6-4-7/h6-7H,3-5H2,1-2H3;6-8H,3-5H2,1-2H3;7-8H,3-6H2,1-2H3. The zero-order chi connectivity index (χ0) is 20.6. The predicted molar refractivity (Wildman–Crippen MR) is 111 cm³/mol. The Kier molecular flexibility index (Phi) is 10.8. The molecule has 0 aliphatic heterocycles. The molecule has 5 unspecified atom stereocenters. The molecule has 3 fully saturated rings. The van der Waals surface area contributed by atoms with Crippen molar-refractivity contribution < 1.29 is 13.2 Å². The van der Waals surface area contributed by atoms with E-state index in [2.05, 4.69) is 20.8 Å². The van der Waals surface area contributed by atoms with E-state index in [9.17, 15) is 13.2 Å². The lowest BCUT2D eigenvalue weighted by atomic mass is 9.81. The van der Waals surface area contributed by atoms with Crippen molar-refractivity contribution in [2.75, 3.05) is 0 Å². The van der Waals surface area contributed by atoms with Gasteiger partial charge >= 0.3 is 0 Å². The monoisotopic (exact) mass is 390 g/mol. The van der Waals surface area contributed by atoms with Gasteiger partial charge in [-0.3, -0.25) is 0 Å². The Labute approximate surface area is 167 Å². The molecule has 0 spiro atoms. The van der Waals surface area contributed by atoms with Crippen LogP contribution in [0.1, 0.15) is 106 Å². The molecule has 5 atom stereocenters. The molecule has 3 saturated carbocycles. The van der Waals surface area contributed by atoms with Crippen molar-refractivity contribution in [3.8, 4) is 0 Å². The summed E-state index contributed by atoms with van der Waals surface area (Å²) in [6.07, 6.45) is 10.2. The average Bonchev–Trinajstić information content (AvgIpc) is 2.58. The van der Waals surface area contributed by atoms with Crippen LogP contribution in [0.5, 0.6) is 0 Å². The van der Waals surface area contributed by atoms with Crippen LogP contribution in [0.2, 0.25) is 0 Å².